The second kappa shape index (κ2) is 6.50. The topological polar surface area (TPSA) is 82.8 Å². The number of benzene rings is 1. The first-order valence-electron chi connectivity index (χ1n) is 8.76. The van der Waals surface area contributed by atoms with Gasteiger partial charge in [0.25, 0.3) is 0 Å². The Hall–Kier alpha value is -1.79. The number of hydrogen-bond donors (Lipinski definition) is 2. The van der Waals surface area contributed by atoms with Gasteiger partial charge < -0.3 is 25.3 Å². The predicted octanol–water partition coefficient (Wildman–Crippen LogP) is 1.85. The van der Waals surface area contributed by atoms with Gasteiger partial charge in [0.05, 0.1) is 20.3 Å². The molecule has 1 amide bonds. The lowest BCUT2D eigenvalue weighted by Crippen LogP contribution is -2.82. The fourth-order valence-electron chi connectivity index (χ4n) is 4.36. The first-order valence-corrected chi connectivity index (χ1v) is 8.76. The number of nitrogens with two attached hydrogens (primary N) is 1. The molecule has 3 atom stereocenters. The summed E-state index contributed by atoms with van der Waals surface area (Å²) in [5, 5.41) is 3.00. The van der Waals surface area contributed by atoms with E-state index in [4.69, 9.17) is 19.9 Å². The van der Waals surface area contributed by atoms with Crippen molar-refractivity contribution >= 4 is 5.91 Å². The van der Waals surface area contributed by atoms with Crippen molar-refractivity contribution in [3.05, 3.63) is 23.8 Å². The first-order chi connectivity index (χ1) is 11.9. The number of fused-ring (bicyclic) bond motifs is 1. The molecule has 0 radical (unpaired) electrons. The third-order valence-corrected chi connectivity index (χ3v) is 5.99. The van der Waals surface area contributed by atoms with Gasteiger partial charge in [-0.25, -0.2) is 0 Å². The molecule has 1 aromatic rings. The summed E-state index contributed by atoms with van der Waals surface area (Å²) >= 11 is 0. The highest BCUT2D eigenvalue weighted by Gasteiger charge is 2.70. The van der Waals surface area contributed by atoms with E-state index in [2.05, 4.69) is 5.32 Å². The van der Waals surface area contributed by atoms with Crippen molar-refractivity contribution in [3.63, 3.8) is 0 Å². The Kier molecular flexibility index (Phi) is 4.68. The second-order valence-electron chi connectivity index (χ2n) is 7.49. The maximum Gasteiger partial charge on any atom is 0.241 e. The molecule has 0 bridgehead atoms. The number of carbonyl (C=O) groups excluding carboxylic acids is 1. The monoisotopic (exact) mass is 348 g/mol. The average molecular weight is 348 g/mol. The molecule has 6 heteroatoms. The fourth-order valence-corrected chi connectivity index (χ4v) is 4.36. The molecule has 0 aromatic heterocycles. The van der Waals surface area contributed by atoms with Crippen LogP contribution in [0.1, 0.15) is 32.3 Å². The fraction of sp³-hybridized carbons (Fsp3) is 0.632. The maximum atomic E-state index is 13.0. The number of nitrogens with one attached hydrogen (secondary N) is 1. The van der Waals surface area contributed by atoms with E-state index in [-0.39, 0.29) is 23.3 Å². The summed E-state index contributed by atoms with van der Waals surface area (Å²) in [4.78, 5) is 13.0. The van der Waals surface area contributed by atoms with Crippen molar-refractivity contribution < 1.29 is 19.0 Å². The Bertz CT molecular complexity index is 661. The highest BCUT2D eigenvalue weighted by atomic mass is 16.5. The van der Waals surface area contributed by atoms with Crippen LogP contribution in [0, 0.1) is 11.3 Å². The van der Waals surface area contributed by atoms with E-state index >= 15 is 0 Å². The Morgan fingerprint density at radius 1 is 1.36 bits per heavy atom. The molecule has 25 heavy (non-hydrogen) atoms. The number of amides is 1. The Morgan fingerprint density at radius 3 is 2.80 bits per heavy atom. The lowest BCUT2D eigenvalue weighted by molar-refractivity contribution is -0.225. The summed E-state index contributed by atoms with van der Waals surface area (Å²) in [5.74, 6) is 1.35. The summed E-state index contributed by atoms with van der Waals surface area (Å²) < 4.78 is 16.5. The SMILES string of the molecule is COc1ccc(CNC(=O)C2(N)C3CCCOC3C2(C)C)c(OC)c1. The van der Waals surface area contributed by atoms with E-state index < -0.39 is 5.54 Å². The van der Waals surface area contributed by atoms with Crippen LogP contribution in [0.5, 0.6) is 11.5 Å². The summed E-state index contributed by atoms with van der Waals surface area (Å²) in [6, 6.07) is 5.54. The maximum absolute atomic E-state index is 13.0. The van der Waals surface area contributed by atoms with Crippen molar-refractivity contribution in [1.29, 1.82) is 0 Å². The minimum absolute atomic E-state index is 0.0625. The van der Waals surface area contributed by atoms with E-state index in [1.807, 2.05) is 26.0 Å². The number of rotatable bonds is 5. The third-order valence-electron chi connectivity index (χ3n) is 5.99. The van der Waals surface area contributed by atoms with Crippen molar-refractivity contribution in [2.45, 2.75) is 44.9 Å². The predicted molar refractivity (Wildman–Crippen MR) is 94.6 cm³/mol. The standard InChI is InChI=1S/C19H28N2O4/c1-18(2)16-14(6-5-9-25-16)19(18,20)17(22)21-11-12-7-8-13(23-3)10-15(12)24-4/h7-8,10,14,16H,5-6,9,11,20H2,1-4H3,(H,21,22). The van der Waals surface area contributed by atoms with Crippen molar-refractivity contribution in [2.75, 3.05) is 20.8 Å². The van der Waals surface area contributed by atoms with Crippen LogP contribution in [0.15, 0.2) is 18.2 Å². The molecule has 6 nitrogen and oxygen atoms in total. The minimum Gasteiger partial charge on any atom is -0.497 e. The van der Waals surface area contributed by atoms with Gasteiger partial charge in [0.2, 0.25) is 5.91 Å². The quantitative estimate of drug-likeness (QED) is 0.849. The number of ether oxygens (including phenoxy) is 3. The zero-order chi connectivity index (χ0) is 18.2. The number of carbonyl (C=O) groups is 1. The smallest absolute Gasteiger partial charge is 0.241 e. The highest BCUT2D eigenvalue weighted by Crippen LogP contribution is 2.57. The molecule has 3 unspecified atom stereocenters. The van der Waals surface area contributed by atoms with Crippen LogP contribution >= 0.6 is 0 Å². The molecule has 1 aromatic carbocycles. The van der Waals surface area contributed by atoms with Crippen LogP contribution in [0.25, 0.3) is 0 Å². The molecular weight excluding hydrogens is 320 g/mol. The van der Waals surface area contributed by atoms with Gasteiger partial charge in [-0.05, 0) is 25.0 Å². The lowest BCUT2D eigenvalue weighted by Gasteiger charge is -2.65. The zero-order valence-electron chi connectivity index (χ0n) is 15.4. The Labute approximate surface area is 149 Å². The molecule has 1 aliphatic carbocycles. The molecule has 1 heterocycles. The molecule has 3 N–H and O–H groups in total. The van der Waals surface area contributed by atoms with Gasteiger partial charge in [-0.15, -0.1) is 0 Å². The molecule has 0 spiro atoms. The summed E-state index contributed by atoms with van der Waals surface area (Å²) in [7, 11) is 3.21. The van der Waals surface area contributed by atoms with Gasteiger partial charge in [0.1, 0.15) is 17.0 Å². The molecule has 1 saturated carbocycles. The molecule has 1 saturated heterocycles. The van der Waals surface area contributed by atoms with E-state index in [1.165, 1.54) is 0 Å². The van der Waals surface area contributed by atoms with Gasteiger partial charge in [-0.2, -0.15) is 0 Å². The van der Waals surface area contributed by atoms with Crippen LogP contribution in [-0.4, -0.2) is 38.4 Å². The lowest BCUT2D eigenvalue weighted by atomic mass is 9.46. The first kappa shape index (κ1) is 18.0. The normalized spacial score (nSPS) is 30.0. The number of hydrogen-bond acceptors (Lipinski definition) is 5. The molecule has 1 aliphatic heterocycles. The third kappa shape index (κ3) is 2.68. The molecule has 2 aliphatic rings. The number of methoxy groups -OCH3 is 2. The molecule has 3 rings (SSSR count). The van der Waals surface area contributed by atoms with Crippen LogP contribution in [-0.2, 0) is 16.1 Å². The van der Waals surface area contributed by atoms with Gasteiger partial charge in [-0.1, -0.05) is 13.8 Å². The Balaban J connectivity index is 1.72. The van der Waals surface area contributed by atoms with E-state index in [0.717, 1.165) is 25.0 Å². The second-order valence-corrected chi connectivity index (χ2v) is 7.49. The van der Waals surface area contributed by atoms with Crippen LogP contribution in [0.3, 0.4) is 0 Å². The molecule has 2 fully saturated rings. The van der Waals surface area contributed by atoms with E-state index in [0.29, 0.717) is 18.0 Å². The summed E-state index contributed by atoms with van der Waals surface area (Å²) in [5.41, 5.74) is 6.21. The Morgan fingerprint density at radius 2 is 2.12 bits per heavy atom. The van der Waals surface area contributed by atoms with Crippen LogP contribution < -0.4 is 20.5 Å². The van der Waals surface area contributed by atoms with E-state index in [9.17, 15) is 4.79 Å². The summed E-state index contributed by atoms with van der Waals surface area (Å²) in [6.07, 6.45) is 1.95. The van der Waals surface area contributed by atoms with Gasteiger partial charge in [-0.3, -0.25) is 4.79 Å². The molecular formula is C19H28N2O4. The summed E-state index contributed by atoms with van der Waals surface area (Å²) in [6.45, 7) is 5.16. The van der Waals surface area contributed by atoms with Gasteiger partial charge in [0, 0.05) is 36.1 Å². The largest absolute Gasteiger partial charge is 0.497 e. The van der Waals surface area contributed by atoms with Crippen LogP contribution in [0.2, 0.25) is 0 Å². The minimum atomic E-state index is -0.905. The van der Waals surface area contributed by atoms with E-state index in [1.54, 1.807) is 20.3 Å². The van der Waals surface area contributed by atoms with Gasteiger partial charge in [0.15, 0.2) is 0 Å². The highest BCUT2D eigenvalue weighted by molar-refractivity contribution is 5.89. The zero-order valence-corrected chi connectivity index (χ0v) is 15.4. The average Bonchev–Trinajstić information content (AvgIpc) is 2.65. The van der Waals surface area contributed by atoms with Crippen molar-refractivity contribution in [1.82, 2.24) is 5.32 Å². The molecule has 138 valence electrons. The van der Waals surface area contributed by atoms with Gasteiger partial charge >= 0.3 is 0 Å². The van der Waals surface area contributed by atoms with Crippen LogP contribution in [0.4, 0.5) is 0 Å². The van der Waals surface area contributed by atoms with Crippen molar-refractivity contribution in [2.24, 2.45) is 17.1 Å². The van der Waals surface area contributed by atoms with Crippen molar-refractivity contribution in [3.8, 4) is 11.5 Å².